The molecule has 0 amide bonds. The van der Waals surface area contributed by atoms with Crippen LogP contribution in [-0.4, -0.2) is 11.9 Å². The number of rotatable bonds is 2. The molecule has 0 saturated heterocycles. The van der Waals surface area contributed by atoms with E-state index in [1.807, 2.05) is 56.3 Å². The van der Waals surface area contributed by atoms with Crippen LogP contribution in [0.3, 0.4) is 0 Å². The Morgan fingerprint density at radius 1 is 1.09 bits per heavy atom. The monoisotopic (exact) mass is 403 g/mol. The number of esters is 1. The van der Waals surface area contributed by atoms with Crippen molar-refractivity contribution in [1.29, 1.82) is 0 Å². The van der Waals surface area contributed by atoms with Crippen molar-refractivity contribution in [1.82, 2.24) is 0 Å². The molecule has 0 unspecified atom stereocenters. The van der Waals surface area contributed by atoms with Crippen molar-refractivity contribution in [2.45, 2.75) is 13.8 Å². The van der Waals surface area contributed by atoms with Crippen molar-refractivity contribution in [3.63, 3.8) is 0 Å². The van der Waals surface area contributed by atoms with E-state index in [0.29, 0.717) is 11.6 Å². The number of carbonyl (C=O) groups is 1. The summed E-state index contributed by atoms with van der Waals surface area (Å²) >= 11 is 2.23. The number of carbonyl (C=O) groups excluding carboxylic acids is 1. The summed E-state index contributed by atoms with van der Waals surface area (Å²) in [4.78, 5) is 16.4. The van der Waals surface area contributed by atoms with Crippen LogP contribution in [0.1, 0.15) is 22.3 Å². The lowest BCUT2D eigenvalue weighted by atomic mass is 10.0. The maximum absolute atomic E-state index is 12.0. The van der Waals surface area contributed by atoms with Gasteiger partial charge in [0.05, 0.1) is 0 Å². The highest BCUT2D eigenvalue weighted by Crippen LogP contribution is 2.21. The highest BCUT2D eigenvalue weighted by molar-refractivity contribution is 14.1. The first-order valence-corrected chi connectivity index (χ1v) is 7.96. The van der Waals surface area contributed by atoms with Crippen molar-refractivity contribution in [3.8, 4) is 0 Å². The zero-order valence-electron chi connectivity index (χ0n) is 12.3. The predicted molar refractivity (Wildman–Crippen MR) is 95.7 cm³/mol. The second-order valence-corrected chi connectivity index (χ2v) is 6.45. The predicted octanol–water partition coefficient (Wildman–Crippen LogP) is 4.25. The number of cyclic esters (lactones) is 1. The Balaban J connectivity index is 1.97. The Bertz CT molecular complexity index is 804. The fourth-order valence-corrected chi connectivity index (χ4v) is 2.55. The van der Waals surface area contributed by atoms with Gasteiger partial charge in [-0.25, -0.2) is 9.79 Å². The van der Waals surface area contributed by atoms with Gasteiger partial charge in [0.2, 0.25) is 5.90 Å². The molecule has 0 saturated carbocycles. The van der Waals surface area contributed by atoms with Gasteiger partial charge in [-0.3, -0.25) is 0 Å². The first-order chi connectivity index (χ1) is 10.5. The Morgan fingerprint density at radius 2 is 1.82 bits per heavy atom. The summed E-state index contributed by atoms with van der Waals surface area (Å²) in [5.41, 5.74) is 4.37. The molecule has 22 heavy (non-hydrogen) atoms. The molecule has 0 bridgehead atoms. The van der Waals surface area contributed by atoms with Crippen LogP contribution in [0.5, 0.6) is 0 Å². The average Bonchev–Trinajstić information content (AvgIpc) is 2.85. The lowest BCUT2D eigenvalue weighted by Crippen LogP contribution is -2.05. The minimum Gasteiger partial charge on any atom is -0.402 e. The highest BCUT2D eigenvalue weighted by Gasteiger charge is 2.24. The molecule has 1 heterocycles. The molecule has 1 aliphatic heterocycles. The van der Waals surface area contributed by atoms with Crippen LogP contribution in [0, 0.1) is 17.4 Å². The van der Waals surface area contributed by atoms with Gasteiger partial charge in [0, 0.05) is 9.13 Å². The van der Waals surface area contributed by atoms with Gasteiger partial charge in [-0.2, -0.15) is 0 Å². The quantitative estimate of drug-likeness (QED) is 0.427. The van der Waals surface area contributed by atoms with E-state index in [9.17, 15) is 4.79 Å². The molecule has 2 aromatic carbocycles. The first-order valence-electron chi connectivity index (χ1n) is 6.89. The molecule has 1 aliphatic rings. The number of aryl methyl sites for hydroxylation is 2. The Labute approximate surface area is 142 Å². The fraction of sp³-hybridized carbons (Fsp3) is 0.111. The molecule has 3 rings (SSSR count). The van der Waals surface area contributed by atoms with Crippen molar-refractivity contribution >= 4 is 40.5 Å². The first kappa shape index (κ1) is 15.0. The van der Waals surface area contributed by atoms with Crippen LogP contribution in [-0.2, 0) is 9.53 Å². The van der Waals surface area contributed by atoms with E-state index in [0.717, 1.165) is 25.8 Å². The molecule has 0 fully saturated rings. The molecule has 3 nitrogen and oxygen atoms in total. The maximum Gasteiger partial charge on any atom is 0.363 e. The zero-order chi connectivity index (χ0) is 15.7. The molecular formula is C18H14INO2. The summed E-state index contributed by atoms with van der Waals surface area (Å²) in [6.07, 6.45) is 1.78. The third-order valence-electron chi connectivity index (χ3n) is 3.44. The van der Waals surface area contributed by atoms with Crippen LogP contribution in [0.2, 0.25) is 0 Å². The van der Waals surface area contributed by atoms with Gasteiger partial charge in [-0.05, 0) is 77.9 Å². The summed E-state index contributed by atoms with van der Waals surface area (Å²) < 4.78 is 6.41. The highest BCUT2D eigenvalue weighted by atomic mass is 127. The van der Waals surface area contributed by atoms with E-state index in [-0.39, 0.29) is 0 Å². The van der Waals surface area contributed by atoms with E-state index >= 15 is 0 Å². The van der Waals surface area contributed by atoms with Gasteiger partial charge in [-0.1, -0.05) is 23.8 Å². The normalized spacial score (nSPS) is 15.9. The van der Waals surface area contributed by atoms with E-state index in [2.05, 4.69) is 27.6 Å². The molecule has 2 aromatic rings. The second kappa shape index (κ2) is 6.04. The smallest absolute Gasteiger partial charge is 0.363 e. The van der Waals surface area contributed by atoms with Crippen LogP contribution in [0.15, 0.2) is 53.2 Å². The SMILES string of the molecule is Cc1ccc(C)c(/C=C2\N=C(c3ccc(I)cc3)OC2=O)c1. The number of nitrogens with zero attached hydrogens (tertiary/aromatic N) is 1. The largest absolute Gasteiger partial charge is 0.402 e. The molecule has 4 heteroatoms. The van der Waals surface area contributed by atoms with E-state index in [1.165, 1.54) is 0 Å². The minimum absolute atomic E-state index is 0.335. The number of benzene rings is 2. The van der Waals surface area contributed by atoms with Crippen LogP contribution in [0.4, 0.5) is 0 Å². The molecule has 0 atom stereocenters. The molecule has 0 aliphatic carbocycles. The third kappa shape index (κ3) is 3.11. The van der Waals surface area contributed by atoms with Gasteiger partial charge >= 0.3 is 5.97 Å². The number of hydrogen-bond acceptors (Lipinski definition) is 3. The third-order valence-corrected chi connectivity index (χ3v) is 4.16. The molecule has 0 spiro atoms. The summed E-state index contributed by atoms with van der Waals surface area (Å²) in [5.74, 6) is -0.0487. The van der Waals surface area contributed by atoms with Gasteiger partial charge in [0.1, 0.15) is 0 Å². The van der Waals surface area contributed by atoms with Gasteiger partial charge in [0.25, 0.3) is 0 Å². The van der Waals surface area contributed by atoms with E-state index in [1.54, 1.807) is 6.08 Å². The van der Waals surface area contributed by atoms with Crippen molar-refractivity contribution in [2.24, 2.45) is 4.99 Å². The van der Waals surface area contributed by atoms with Crippen LogP contribution >= 0.6 is 22.6 Å². The minimum atomic E-state index is -0.408. The summed E-state index contributed by atoms with van der Waals surface area (Å²) in [6.45, 7) is 4.03. The number of halogens is 1. The molecule has 0 N–H and O–H groups in total. The number of hydrogen-bond donors (Lipinski definition) is 0. The summed E-state index contributed by atoms with van der Waals surface area (Å²) in [6, 6.07) is 13.8. The number of aliphatic imine (C=N–C) groups is 1. The van der Waals surface area contributed by atoms with Crippen molar-refractivity contribution in [3.05, 3.63) is 74.0 Å². The number of ether oxygens (including phenoxy) is 1. The molecule has 110 valence electrons. The zero-order valence-corrected chi connectivity index (χ0v) is 14.4. The Morgan fingerprint density at radius 3 is 2.55 bits per heavy atom. The van der Waals surface area contributed by atoms with Gasteiger partial charge < -0.3 is 4.74 Å². The topological polar surface area (TPSA) is 38.7 Å². The second-order valence-electron chi connectivity index (χ2n) is 5.20. The maximum atomic E-state index is 12.0. The van der Waals surface area contributed by atoms with Crippen molar-refractivity contribution in [2.75, 3.05) is 0 Å². The summed E-state index contributed by atoms with van der Waals surface area (Å²) in [7, 11) is 0. The van der Waals surface area contributed by atoms with Gasteiger partial charge in [-0.15, -0.1) is 0 Å². The van der Waals surface area contributed by atoms with E-state index < -0.39 is 5.97 Å². The fourth-order valence-electron chi connectivity index (χ4n) is 2.19. The standard InChI is InChI=1S/C18H14INO2/c1-11-3-4-12(2)14(9-11)10-16-18(21)22-17(20-16)13-5-7-15(19)8-6-13/h3-10H,1-2H3/b16-10-. The molecular weight excluding hydrogens is 389 g/mol. The lowest BCUT2D eigenvalue weighted by Gasteiger charge is -2.01. The average molecular weight is 403 g/mol. The Kier molecular flexibility index (Phi) is 4.11. The van der Waals surface area contributed by atoms with Crippen LogP contribution < -0.4 is 0 Å². The summed E-state index contributed by atoms with van der Waals surface area (Å²) in [5, 5.41) is 0. The lowest BCUT2D eigenvalue weighted by molar-refractivity contribution is -0.129. The molecule has 0 aromatic heterocycles. The van der Waals surface area contributed by atoms with E-state index in [4.69, 9.17) is 4.74 Å². The van der Waals surface area contributed by atoms with Crippen LogP contribution in [0.25, 0.3) is 6.08 Å². The van der Waals surface area contributed by atoms with Crippen molar-refractivity contribution < 1.29 is 9.53 Å². The molecule has 0 radical (unpaired) electrons. The Hall–Kier alpha value is -1.95. The van der Waals surface area contributed by atoms with Gasteiger partial charge in [0.15, 0.2) is 5.70 Å².